The van der Waals surface area contributed by atoms with Crippen LogP contribution < -0.4 is 5.30 Å². The van der Waals surface area contributed by atoms with E-state index in [1.54, 1.807) is 5.57 Å². The first-order chi connectivity index (χ1) is 11.7. The number of hydrogen-bond acceptors (Lipinski definition) is 0. The molecule has 1 atom stereocenters. The first kappa shape index (κ1) is 19.7. The fourth-order valence-electron chi connectivity index (χ4n) is 3.06. The number of rotatable bonds is 1. The van der Waals surface area contributed by atoms with Crippen LogP contribution in [-0.4, -0.2) is 13.3 Å². The van der Waals surface area contributed by atoms with Crippen LogP contribution in [0.3, 0.4) is 0 Å². The van der Waals surface area contributed by atoms with Crippen LogP contribution in [0.4, 0.5) is 5.25 Å². The van der Waals surface area contributed by atoms with Crippen molar-refractivity contribution in [3.05, 3.63) is 66.6 Å². The Hall–Kier alpha value is -0.647. The Kier molecular flexibility index (Phi) is 8.50. The standard InChI is InChI=1S/C11H12P.C9H11.2FH.Zr/c1-12(2)11-7-9-5-3-4-6-10(9)8-11;1-2-5-9-7-3-6-8(9)4-1;;;/h3-8H,1-2H3;1-2,4,6,9H,3,5,7H2;2*1H;/q2*-1;;;+4/p-2. The van der Waals surface area contributed by atoms with Crippen LogP contribution in [0.2, 0.25) is 0 Å². The van der Waals surface area contributed by atoms with Gasteiger partial charge in [-0.25, -0.2) is 18.1 Å². The molecule has 1 fully saturated rings. The van der Waals surface area contributed by atoms with Gasteiger partial charge in [0.25, 0.3) is 0 Å². The molecule has 24 heavy (non-hydrogen) atoms. The SMILES string of the molecule is C1=CCC2CC[CH-]C2=C1.CP(C)c1cc2ccccc2[cH-]1.[F][Zr+2][F]. The summed E-state index contributed by atoms with van der Waals surface area (Å²) in [6, 6.07) is 13.2. The van der Waals surface area contributed by atoms with Crippen LogP contribution in [0, 0.1) is 12.3 Å². The third-order valence-corrected chi connectivity index (χ3v) is 5.62. The quantitative estimate of drug-likeness (QED) is 0.376. The molecule has 0 aromatic heterocycles. The van der Waals surface area contributed by atoms with E-state index in [1.807, 2.05) is 0 Å². The summed E-state index contributed by atoms with van der Waals surface area (Å²) in [5.41, 5.74) is 1.58. The summed E-state index contributed by atoms with van der Waals surface area (Å²) in [5.74, 6) is 0.884. The molecule has 2 aromatic rings. The van der Waals surface area contributed by atoms with Gasteiger partial charge in [-0.2, -0.15) is 6.07 Å². The number of hydrogen-bond donors (Lipinski definition) is 0. The average molecular weight is 424 g/mol. The van der Waals surface area contributed by atoms with Crippen molar-refractivity contribution in [2.24, 2.45) is 5.92 Å². The molecule has 2 aliphatic carbocycles. The molecule has 1 unspecified atom stereocenters. The second kappa shape index (κ2) is 10.4. The predicted octanol–water partition coefficient (Wildman–Crippen LogP) is 6.25. The van der Waals surface area contributed by atoms with Gasteiger partial charge in [-0.15, -0.1) is 66.8 Å². The van der Waals surface area contributed by atoms with Crippen molar-refractivity contribution in [2.45, 2.75) is 19.3 Å². The van der Waals surface area contributed by atoms with Crippen LogP contribution in [0.5, 0.6) is 0 Å². The van der Waals surface area contributed by atoms with E-state index in [4.69, 9.17) is 0 Å². The van der Waals surface area contributed by atoms with Crippen LogP contribution in [0.25, 0.3) is 10.8 Å². The minimum atomic E-state index is -2.77. The molecule has 126 valence electrons. The van der Waals surface area contributed by atoms with E-state index in [2.05, 4.69) is 74.4 Å². The van der Waals surface area contributed by atoms with E-state index in [-0.39, 0.29) is 7.92 Å². The van der Waals surface area contributed by atoms with Crippen molar-refractivity contribution in [2.75, 3.05) is 13.3 Å². The molecule has 1 saturated carbocycles. The van der Waals surface area contributed by atoms with Crippen molar-refractivity contribution >= 4 is 24.0 Å². The zero-order valence-corrected chi connectivity index (χ0v) is 17.5. The second-order valence-electron chi connectivity index (χ2n) is 6.12. The van der Waals surface area contributed by atoms with Crippen LogP contribution in [-0.2, 0) is 24.5 Å². The van der Waals surface area contributed by atoms with Crippen molar-refractivity contribution < 1.29 is 29.7 Å². The van der Waals surface area contributed by atoms with Crippen LogP contribution >= 0.6 is 7.92 Å². The first-order valence-electron chi connectivity index (χ1n) is 8.14. The Morgan fingerprint density at radius 3 is 2.62 bits per heavy atom. The molecule has 0 N–H and O–H groups in total. The molecule has 4 rings (SSSR count). The second-order valence-corrected chi connectivity index (χ2v) is 8.77. The van der Waals surface area contributed by atoms with Crippen molar-refractivity contribution in [3.8, 4) is 0 Å². The summed E-state index contributed by atoms with van der Waals surface area (Å²) >= 11 is -2.77. The van der Waals surface area contributed by atoms with E-state index >= 15 is 0 Å². The molecule has 0 radical (unpaired) electrons. The topological polar surface area (TPSA) is 0 Å². The van der Waals surface area contributed by atoms with Gasteiger partial charge in [0.2, 0.25) is 0 Å². The van der Waals surface area contributed by atoms with E-state index < -0.39 is 24.5 Å². The van der Waals surface area contributed by atoms with Gasteiger partial charge >= 0.3 is 29.7 Å². The molecule has 4 heteroatoms. The van der Waals surface area contributed by atoms with Crippen LogP contribution in [0.1, 0.15) is 19.3 Å². The van der Waals surface area contributed by atoms with Gasteiger partial charge in [0, 0.05) is 0 Å². The summed E-state index contributed by atoms with van der Waals surface area (Å²) in [6.07, 6.45) is 13.0. The Balaban J connectivity index is 0.000000154. The Morgan fingerprint density at radius 1 is 1.21 bits per heavy atom. The third kappa shape index (κ3) is 5.71. The van der Waals surface area contributed by atoms with Gasteiger partial charge in [0.15, 0.2) is 0 Å². The summed E-state index contributed by atoms with van der Waals surface area (Å²) in [4.78, 5) is 0. The number of allylic oxidation sites excluding steroid dienone is 4. The summed E-state index contributed by atoms with van der Waals surface area (Å²) < 4.78 is 19.6. The molecular formula is C20H23F2PZr. The van der Waals surface area contributed by atoms with Gasteiger partial charge in [-0.3, -0.25) is 0 Å². The molecule has 0 nitrogen and oxygen atoms in total. The van der Waals surface area contributed by atoms with Gasteiger partial charge < -0.3 is 0 Å². The fourth-order valence-corrected chi connectivity index (χ4v) is 3.85. The normalized spacial score (nSPS) is 17.7. The van der Waals surface area contributed by atoms with Gasteiger partial charge in [0.1, 0.15) is 0 Å². The van der Waals surface area contributed by atoms with E-state index in [1.165, 1.54) is 35.3 Å². The fraction of sp³-hybridized carbons (Fsp3) is 0.300. The monoisotopic (exact) mass is 422 g/mol. The molecule has 0 amide bonds. The summed E-state index contributed by atoms with van der Waals surface area (Å²) in [7, 11) is 0.0576. The van der Waals surface area contributed by atoms with Crippen LogP contribution in [0.15, 0.2) is 60.2 Å². The molecule has 2 aromatic carbocycles. The van der Waals surface area contributed by atoms with Crippen molar-refractivity contribution in [1.29, 1.82) is 0 Å². The first-order valence-corrected chi connectivity index (χ1v) is 12.2. The van der Waals surface area contributed by atoms with Crippen molar-refractivity contribution in [1.82, 2.24) is 0 Å². The number of halogens is 2. The molecule has 0 aliphatic heterocycles. The van der Waals surface area contributed by atoms with Gasteiger partial charge in [0.05, 0.1) is 0 Å². The summed E-state index contributed by atoms with van der Waals surface area (Å²) in [5, 5.41) is 4.26. The Labute approximate surface area is 158 Å². The zero-order chi connectivity index (χ0) is 17.4. The van der Waals surface area contributed by atoms with Gasteiger partial charge in [-0.1, -0.05) is 12.5 Å². The van der Waals surface area contributed by atoms with E-state index in [9.17, 15) is 5.25 Å². The molecular weight excluding hydrogens is 400 g/mol. The Bertz CT molecular complexity index is 655. The van der Waals surface area contributed by atoms with E-state index in [0.717, 1.165) is 5.92 Å². The average Bonchev–Trinajstić information content (AvgIpc) is 3.23. The minimum absolute atomic E-state index is 0.0576. The third-order valence-electron chi connectivity index (χ3n) is 4.33. The number of fused-ring (bicyclic) bond motifs is 2. The Morgan fingerprint density at radius 2 is 1.96 bits per heavy atom. The molecule has 2 aliphatic rings. The van der Waals surface area contributed by atoms with E-state index in [0.29, 0.717) is 0 Å². The molecule has 0 saturated heterocycles. The molecule has 0 spiro atoms. The number of benzene rings is 1. The molecule has 0 bridgehead atoms. The summed E-state index contributed by atoms with van der Waals surface area (Å²) in [6.45, 7) is 4.59. The maximum absolute atomic E-state index is 9.80. The predicted molar refractivity (Wildman–Crippen MR) is 99.0 cm³/mol. The maximum atomic E-state index is 9.80. The molecule has 0 heterocycles. The van der Waals surface area contributed by atoms with Gasteiger partial charge in [-0.05, 0) is 25.7 Å². The zero-order valence-electron chi connectivity index (χ0n) is 14.2. The van der Waals surface area contributed by atoms with Crippen molar-refractivity contribution in [3.63, 3.8) is 0 Å².